The van der Waals surface area contributed by atoms with Crippen LogP contribution in [-0.4, -0.2) is 47.6 Å². The number of carbonyl (C=O) groups excluding carboxylic acids is 1. The Hall–Kier alpha value is -1.69. The summed E-state index contributed by atoms with van der Waals surface area (Å²) in [5, 5.41) is 11.5. The van der Waals surface area contributed by atoms with Crippen molar-refractivity contribution in [1.82, 2.24) is 9.88 Å². The minimum atomic E-state index is -0.639. The van der Waals surface area contributed by atoms with Gasteiger partial charge in [-0.1, -0.05) is 0 Å². The molecule has 0 radical (unpaired) electrons. The largest absolute Gasteiger partial charge is 0.396 e. The molecule has 100 valence electrons. The molecule has 6 heteroatoms. The Balaban J connectivity index is 2.88. The van der Waals surface area contributed by atoms with Gasteiger partial charge in [0.05, 0.1) is 5.56 Å². The SMILES string of the molecule is CCNc1nccc(C(=O)N(C)CCCO)c1F. The average molecular weight is 255 g/mol. The van der Waals surface area contributed by atoms with Gasteiger partial charge in [-0.3, -0.25) is 4.79 Å². The highest BCUT2D eigenvalue weighted by atomic mass is 19.1. The maximum Gasteiger partial charge on any atom is 0.256 e. The van der Waals surface area contributed by atoms with E-state index < -0.39 is 11.7 Å². The van der Waals surface area contributed by atoms with E-state index in [4.69, 9.17) is 5.11 Å². The van der Waals surface area contributed by atoms with Crippen LogP contribution >= 0.6 is 0 Å². The zero-order valence-electron chi connectivity index (χ0n) is 10.6. The third kappa shape index (κ3) is 3.40. The molecule has 1 aromatic rings. The molecule has 0 aliphatic rings. The van der Waals surface area contributed by atoms with Crippen LogP contribution in [0.5, 0.6) is 0 Å². The molecule has 18 heavy (non-hydrogen) atoms. The zero-order valence-corrected chi connectivity index (χ0v) is 10.6. The van der Waals surface area contributed by atoms with Crippen molar-refractivity contribution in [1.29, 1.82) is 0 Å². The molecule has 1 heterocycles. The van der Waals surface area contributed by atoms with Crippen molar-refractivity contribution in [2.24, 2.45) is 0 Å². The first-order valence-electron chi connectivity index (χ1n) is 5.86. The smallest absolute Gasteiger partial charge is 0.256 e. The van der Waals surface area contributed by atoms with Gasteiger partial charge in [-0.25, -0.2) is 9.37 Å². The number of hydrogen-bond donors (Lipinski definition) is 2. The topological polar surface area (TPSA) is 65.5 Å². The average Bonchev–Trinajstić information content (AvgIpc) is 2.38. The van der Waals surface area contributed by atoms with Crippen LogP contribution in [0.3, 0.4) is 0 Å². The number of aliphatic hydroxyl groups is 1. The van der Waals surface area contributed by atoms with Crippen molar-refractivity contribution < 1.29 is 14.3 Å². The molecule has 0 bridgehead atoms. The van der Waals surface area contributed by atoms with Crippen LogP contribution in [-0.2, 0) is 0 Å². The van der Waals surface area contributed by atoms with Gasteiger partial charge in [0.1, 0.15) is 0 Å². The van der Waals surface area contributed by atoms with Crippen molar-refractivity contribution in [3.8, 4) is 0 Å². The van der Waals surface area contributed by atoms with E-state index in [9.17, 15) is 9.18 Å². The number of halogens is 1. The summed E-state index contributed by atoms with van der Waals surface area (Å²) in [6, 6.07) is 1.36. The maximum absolute atomic E-state index is 14.0. The summed E-state index contributed by atoms with van der Waals surface area (Å²) in [5.74, 6) is -0.971. The molecule has 0 fully saturated rings. The number of rotatable bonds is 6. The summed E-state index contributed by atoms with van der Waals surface area (Å²) in [6.45, 7) is 2.73. The van der Waals surface area contributed by atoms with Crippen LogP contribution in [0.1, 0.15) is 23.7 Å². The number of hydrogen-bond acceptors (Lipinski definition) is 4. The van der Waals surface area contributed by atoms with Crippen LogP contribution in [0, 0.1) is 5.82 Å². The van der Waals surface area contributed by atoms with Crippen molar-refractivity contribution in [2.75, 3.05) is 32.1 Å². The van der Waals surface area contributed by atoms with Crippen LogP contribution in [0.15, 0.2) is 12.3 Å². The molecular weight excluding hydrogens is 237 g/mol. The van der Waals surface area contributed by atoms with Gasteiger partial charge in [0, 0.05) is 32.9 Å². The molecule has 1 rings (SSSR count). The van der Waals surface area contributed by atoms with Crippen molar-refractivity contribution >= 4 is 11.7 Å². The Morgan fingerprint density at radius 3 is 2.94 bits per heavy atom. The standard InChI is InChI=1S/C12H18FN3O2/c1-3-14-11-10(13)9(5-6-15-11)12(18)16(2)7-4-8-17/h5-6,17H,3-4,7-8H2,1-2H3,(H,14,15). The lowest BCUT2D eigenvalue weighted by molar-refractivity contribution is 0.0781. The number of carbonyl (C=O) groups is 1. The van der Waals surface area contributed by atoms with E-state index >= 15 is 0 Å². The quantitative estimate of drug-likeness (QED) is 0.799. The summed E-state index contributed by atoms with van der Waals surface area (Å²) >= 11 is 0. The number of amides is 1. The van der Waals surface area contributed by atoms with Gasteiger partial charge in [-0.05, 0) is 19.4 Å². The lowest BCUT2D eigenvalue weighted by Crippen LogP contribution is -2.29. The first-order chi connectivity index (χ1) is 8.61. The predicted molar refractivity (Wildman–Crippen MR) is 67.0 cm³/mol. The highest BCUT2D eigenvalue weighted by Crippen LogP contribution is 2.16. The van der Waals surface area contributed by atoms with E-state index in [1.54, 1.807) is 7.05 Å². The summed E-state index contributed by atoms with van der Waals surface area (Å²) < 4.78 is 14.0. The Labute approximate surface area is 106 Å². The number of aliphatic hydroxyl groups excluding tert-OH is 1. The number of pyridine rings is 1. The minimum Gasteiger partial charge on any atom is -0.396 e. The molecule has 0 aliphatic carbocycles. The molecule has 0 atom stereocenters. The summed E-state index contributed by atoms with van der Waals surface area (Å²) in [7, 11) is 1.57. The molecule has 1 aromatic heterocycles. The molecule has 0 saturated heterocycles. The fourth-order valence-electron chi connectivity index (χ4n) is 1.51. The van der Waals surface area contributed by atoms with E-state index in [0.29, 0.717) is 19.5 Å². The lowest BCUT2D eigenvalue weighted by Gasteiger charge is -2.17. The van der Waals surface area contributed by atoms with Gasteiger partial charge >= 0.3 is 0 Å². The van der Waals surface area contributed by atoms with Crippen molar-refractivity contribution in [3.05, 3.63) is 23.6 Å². The van der Waals surface area contributed by atoms with Gasteiger partial charge in [0.2, 0.25) is 0 Å². The van der Waals surface area contributed by atoms with Crippen LogP contribution in [0.2, 0.25) is 0 Å². The van der Waals surface area contributed by atoms with Gasteiger partial charge in [0.15, 0.2) is 11.6 Å². The molecule has 0 saturated carbocycles. The predicted octanol–water partition coefficient (Wildman–Crippen LogP) is 1.11. The summed E-state index contributed by atoms with van der Waals surface area (Å²) in [5.41, 5.74) is -0.0126. The zero-order chi connectivity index (χ0) is 13.5. The van der Waals surface area contributed by atoms with Gasteiger partial charge < -0.3 is 15.3 Å². The second kappa shape index (κ2) is 6.90. The van der Waals surface area contributed by atoms with Gasteiger partial charge in [-0.2, -0.15) is 0 Å². The first kappa shape index (κ1) is 14.4. The first-order valence-corrected chi connectivity index (χ1v) is 5.86. The minimum absolute atomic E-state index is 0.000905. The van der Waals surface area contributed by atoms with Gasteiger partial charge in [0.25, 0.3) is 5.91 Å². The fourth-order valence-corrected chi connectivity index (χ4v) is 1.51. The fraction of sp³-hybridized carbons (Fsp3) is 0.500. The molecule has 5 nitrogen and oxygen atoms in total. The Morgan fingerprint density at radius 1 is 1.61 bits per heavy atom. The van der Waals surface area contributed by atoms with E-state index in [1.807, 2.05) is 6.92 Å². The van der Waals surface area contributed by atoms with Crippen LogP contribution in [0.4, 0.5) is 10.2 Å². The molecular formula is C12H18FN3O2. The van der Waals surface area contributed by atoms with Crippen molar-refractivity contribution in [3.63, 3.8) is 0 Å². The highest BCUT2D eigenvalue weighted by molar-refractivity contribution is 5.95. The third-order valence-corrected chi connectivity index (χ3v) is 2.46. The number of nitrogens with one attached hydrogen (secondary N) is 1. The van der Waals surface area contributed by atoms with Gasteiger partial charge in [-0.15, -0.1) is 0 Å². The normalized spacial score (nSPS) is 10.2. The second-order valence-electron chi connectivity index (χ2n) is 3.86. The number of aromatic nitrogens is 1. The van der Waals surface area contributed by atoms with E-state index in [-0.39, 0.29) is 18.0 Å². The molecule has 2 N–H and O–H groups in total. The third-order valence-electron chi connectivity index (χ3n) is 2.46. The molecule has 0 aromatic carbocycles. The highest BCUT2D eigenvalue weighted by Gasteiger charge is 2.18. The van der Waals surface area contributed by atoms with E-state index in [0.717, 1.165) is 0 Å². The molecule has 0 spiro atoms. The number of anilines is 1. The van der Waals surface area contributed by atoms with Crippen molar-refractivity contribution in [2.45, 2.75) is 13.3 Å². The number of nitrogens with zero attached hydrogens (tertiary/aromatic N) is 2. The Morgan fingerprint density at radius 2 is 2.33 bits per heavy atom. The molecule has 1 amide bonds. The summed E-state index contributed by atoms with van der Waals surface area (Å²) in [6.07, 6.45) is 1.86. The lowest BCUT2D eigenvalue weighted by atomic mass is 10.2. The maximum atomic E-state index is 14.0. The Bertz CT molecular complexity index is 412. The monoisotopic (exact) mass is 255 g/mol. The summed E-state index contributed by atoms with van der Waals surface area (Å²) in [4.78, 5) is 17.2. The van der Waals surface area contributed by atoms with Crippen LogP contribution < -0.4 is 5.32 Å². The van der Waals surface area contributed by atoms with E-state index in [2.05, 4.69) is 10.3 Å². The molecule has 0 aliphatic heterocycles. The van der Waals surface area contributed by atoms with E-state index in [1.165, 1.54) is 17.2 Å². The van der Waals surface area contributed by atoms with Crippen LogP contribution in [0.25, 0.3) is 0 Å². The second-order valence-corrected chi connectivity index (χ2v) is 3.86. The molecule has 0 unspecified atom stereocenters. The Kier molecular flexibility index (Phi) is 5.51.